The molecular weight excluding hydrogens is 422 g/mol. The second-order valence-corrected chi connectivity index (χ2v) is 8.20. The van der Waals surface area contributed by atoms with Gasteiger partial charge in [0.15, 0.2) is 0 Å². The Morgan fingerprint density at radius 3 is 2.56 bits per heavy atom. The number of rotatable bonds is 8. The lowest BCUT2D eigenvalue weighted by Gasteiger charge is -2.08. The number of thiazole rings is 1. The number of hydrogen-bond donors (Lipinski definition) is 2. The van der Waals surface area contributed by atoms with Crippen molar-refractivity contribution in [2.45, 2.75) is 19.5 Å². The van der Waals surface area contributed by atoms with Gasteiger partial charge in [-0.25, -0.2) is 4.98 Å². The number of methoxy groups -OCH3 is 1. The van der Waals surface area contributed by atoms with Crippen molar-refractivity contribution in [2.75, 3.05) is 7.11 Å². The first kappa shape index (κ1) is 21.5. The van der Waals surface area contributed by atoms with Gasteiger partial charge in [0.05, 0.1) is 20.1 Å². The minimum atomic E-state index is -0.263. The maximum absolute atomic E-state index is 12.4. The molecule has 0 bridgehead atoms. The summed E-state index contributed by atoms with van der Waals surface area (Å²) in [4.78, 5) is 29.1. The van der Waals surface area contributed by atoms with Gasteiger partial charge in [-0.1, -0.05) is 60.7 Å². The highest BCUT2D eigenvalue weighted by atomic mass is 32.1. The fourth-order valence-electron chi connectivity index (χ4n) is 3.38. The van der Waals surface area contributed by atoms with Crippen molar-refractivity contribution in [1.82, 2.24) is 15.6 Å². The van der Waals surface area contributed by atoms with Gasteiger partial charge in [-0.2, -0.15) is 0 Å². The van der Waals surface area contributed by atoms with Gasteiger partial charge in [-0.05, 0) is 22.4 Å². The lowest BCUT2D eigenvalue weighted by Crippen LogP contribution is -2.25. The number of amides is 2. The number of nitrogens with one attached hydrogen (secondary N) is 2. The summed E-state index contributed by atoms with van der Waals surface area (Å²) in [6, 6.07) is 21.6. The van der Waals surface area contributed by atoms with E-state index >= 15 is 0 Å². The van der Waals surface area contributed by atoms with Gasteiger partial charge in [0.25, 0.3) is 5.91 Å². The van der Waals surface area contributed by atoms with E-state index < -0.39 is 0 Å². The van der Waals surface area contributed by atoms with Crippen molar-refractivity contribution < 1.29 is 14.3 Å². The predicted molar refractivity (Wildman–Crippen MR) is 126 cm³/mol. The molecule has 0 aliphatic rings. The van der Waals surface area contributed by atoms with Crippen molar-refractivity contribution in [1.29, 1.82) is 0 Å². The Kier molecular flexibility index (Phi) is 6.77. The number of hydrogen-bond acceptors (Lipinski definition) is 5. The number of carbonyl (C=O) groups excluding carboxylic acids is 2. The molecule has 0 aliphatic carbocycles. The Hall–Kier alpha value is -3.71. The molecule has 7 heteroatoms. The maximum atomic E-state index is 12.4. The second-order valence-electron chi connectivity index (χ2n) is 7.26. The van der Waals surface area contributed by atoms with Crippen LogP contribution >= 0.6 is 11.3 Å². The van der Waals surface area contributed by atoms with Crippen molar-refractivity contribution >= 4 is 33.9 Å². The molecular formula is C25H23N3O3S. The molecule has 1 aromatic heterocycles. The second kappa shape index (κ2) is 10.1. The van der Waals surface area contributed by atoms with E-state index in [4.69, 9.17) is 4.74 Å². The highest BCUT2D eigenvalue weighted by Gasteiger charge is 2.12. The first-order valence-electron chi connectivity index (χ1n) is 10.2. The summed E-state index contributed by atoms with van der Waals surface area (Å²) in [5.41, 5.74) is 2.18. The highest BCUT2D eigenvalue weighted by Crippen LogP contribution is 2.18. The van der Waals surface area contributed by atoms with Crippen LogP contribution in [0.5, 0.6) is 5.75 Å². The number of para-hydroxylation sites is 1. The molecule has 1 heterocycles. The first-order valence-corrected chi connectivity index (χ1v) is 11.1. The minimum Gasteiger partial charge on any atom is -0.496 e. The van der Waals surface area contributed by atoms with E-state index in [2.05, 4.69) is 15.6 Å². The summed E-state index contributed by atoms with van der Waals surface area (Å²) >= 11 is 1.35. The van der Waals surface area contributed by atoms with Gasteiger partial charge < -0.3 is 15.4 Å². The number of carbonyl (C=O) groups is 2. The molecule has 6 nitrogen and oxygen atoms in total. The van der Waals surface area contributed by atoms with Crippen molar-refractivity contribution in [3.05, 3.63) is 93.9 Å². The Labute approximate surface area is 190 Å². The number of aromatic nitrogens is 1. The third kappa shape index (κ3) is 5.31. The van der Waals surface area contributed by atoms with Crippen molar-refractivity contribution in [3.8, 4) is 5.75 Å². The zero-order chi connectivity index (χ0) is 22.3. The topological polar surface area (TPSA) is 80.3 Å². The smallest absolute Gasteiger partial charge is 0.271 e. The molecule has 4 rings (SSSR count). The van der Waals surface area contributed by atoms with Gasteiger partial charge in [-0.15, -0.1) is 11.3 Å². The molecule has 0 unspecified atom stereocenters. The lowest BCUT2D eigenvalue weighted by molar-refractivity contribution is -0.120. The zero-order valence-corrected chi connectivity index (χ0v) is 18.4. The van der Waals surface area contributed by atoms with Crippen LogP contribution in [0.1, 0.15) is 26.6 Å². The summed E-state index contributed by atoms with van der Waals surface area (Å²) in [7, 11) is 1.60. The highest BCUT2D eigenvalue weighted by molar-refractivity contribution is 7.09. The Balaban J connectivity index is 1.28. The van der Waals surface area contributed by atoms with E-state index in [1.807, 2.05) is 66.7 Å². The fourth-order valence-corrected chi connectivity index (χ4v) is 4.10. The molecule has 4 aromatic rings. The third-order valence-corrected chi connectivity index (χ3v) is 5.88. The number of benzene rings is 3. The summed E-state index contributed by atoms with van der Waals surface area (Å²) in [6.45, 7) is 0.634. The van der Waals surface area contributed by atoms with Crippen LogP contribution in [0.4, 0.5) is 0 Å². The van der Waals surface area contributed by atoms with Crippen LogP contribution in [-0.2, 0) is 24.3 Å². The molecule has 0 atom stereocenters. The van der Waals surface area contributed by atoms with Gasteiger partial charge in [0, 0.05) is 17.5 Å². The zero-order valence-electron chi connectivity index (χ0n) is 17.6. The number of nitrogens with zero attached hydrogens (tertiary/aromatic N) is 1. The quantitative estimate of drug-likeness (QED) is 0.428. The van der Waals surface area contributed by atoms with E-state index in [9.17, 15) is 9.59 Å². The maximum Gasteiger partial charge on any atom is 0.271 e. The van der Waals surface area contributed by atoms with Gasteiger partial charge >= 0.3 is 0 Å². The van der Waals surface area contributed by atoms with Crippen LogP contribution in [0.3, 0.4) is 0 Å². The monoisotopic (exact) mass is 445 g/mol. The van der Waals surface area contributed by atoms with Crippen LogP contribution in [0.2, 0.25) is 0 Å². The summed E-state index contributed by atoms with van der Waals surface area (Å²) < 4.78 is 5.30. The van der Waals surface area contributed by atoms with Crippen LogP contribution in [0.15, 0.2) is 72.1 Å². The molecule has 2 amide bonds. The SMILES string of the molecule is COc1ccccc1CNC(=O)c1csc(CNC(=O)Cc2ccc3ccccc3c2)n1. The van der Waals surface area contributed by atoms with Crippen LogP contribution in [0.25, 0.3) is 10.8 Å². The minimum absolute atomic E-state index is 0.0855. The fraction of sp³-hybridized carbons (Fsp3) is 0.160. The largest absolute Gasteiger partial charge is 0.496 e. The average Bonchev–Trinajstić information content (AvgIpc) is 3.30. The number of fused-ring (bicyclic) bond motifs is 1. The first-order chi connectivity index (χ1) is 15.6. The van der Waals surface area contributed by atoms with Gasteiger partial charge in [0.1, 0.15) is 16.5 Å². The van der Waals surface area contributed by atoms with Crippen LogP contribution in [-0.4, -0.2) is 23.9 Å². The molecule has 32 heavy (non-hydrogen) atoms. The Morgan fingerprint density at radius 1 is 0.938 bits per heavy atom. The van der Waals surface area contributed by atoms with E-state index in [1.54, 1.807) is 12.5 Å². The third-order valence-electron chi connectivity index (χ3n) is 5.03. The Morgan fingerprint density at radius 2 is 1.72 bits per heavy atom. The van der Waals surface area contributed by atoms with Crippen LogP contribution in [0, 0.1) is 0 Å². The van der Waals surface area contributed by atoms with E-state index in [-0.39, 0.29) is 18.4 Å². The molecule has 0 saturated heterocycles. The molecule has 0 saturated carbocycles. The summed E-state index contributed by atoms with van der Waals surface area (Å²) in [5, 5.41) is 10.4. The molecule has 2 N–H and O–H groups in total. The number of ether oxygens (including phenoxy) is 1. The Bertz CT molecular complexity index is 1250. The molecule has 0 fully saturated rings. The van der Waals surface area contributed by atoms with Gasteiger partial charge in [0.2, 0.25) is 5.91 Å². The van der Waals surface area contributed by atoms with E-state index in [0.717, 1.165) is 27.6 Å². The van der Waals surface area contributed by atoms with E-state index in [1.165, 1.54) is 11.3 Å². The molecule has 0 spiro atoms. The molecule has 0 radical (unpaired) electrons. The van der Waals surface area contributed by atoms with Crippen molar-refractivity contribution in [2.24, 2.45) is 0 Å². The molecule has 0 aliphatic heterocycles. The molecule has 3 aromatic carbocycles. The molecule has 162 valence electrons. The van der Waals surface area contributed by atoms with Crippen molar-refractivity contribution in [3.63, 3.8) is 0 Å². The normalized spacial score (nSPS) is 10.7. The average molecular weight is 446 g/mol. The summed E-state index contributed by atoms with van der Waals surface area (Å²) in [6.07, 6.45) is 0.294. The summed E-state index contributed by atoms with van der Waals surface area (Å²) in [5.74, 6) is 0.374. The van der Waals surface area contributed by atoms with Crippen LogP contribution < -0.4 is 15.4 Å². The standard InChI is InChI=1S/C25H23N3O3S/c1-31-22-9-5-4-8-20(22)14-27-25(30)21-16-32-24(28-21)15-26-23(29)13-17-10-11-18-6-2-3-7-19(18)12-17/h2-12,16H,13-15H2,1H3,(H,26,29)(H,27,30). The van der Waals surface area contributed by atoms with Gasteiger partial charge in [-0.3, -0.25) is 9.59 Å². The predicted octanol–water partition coefficient (Wildman–Crippen LogP) is 4.09. The van der Waals surface area contributed by atoms with E-state index in [0.29, 0.717) is 23.7 Å². The lowest BCUT2D eigenvalue weighted by atomic mass is 10.1.